The molecule has 0 spiro atoms. The fraction of sp³-hybridized carbons (Fsp3) is 1.00. The van der Waals surface area contributed by atoms with Gasteiger partial charge in [-0.25, -0.2) is 0 Å². The van der Waals surface area contributed by atoms with Crippen LogP contribution in [-0.4, -0.2) is 59.6 Å². The lowest BCUT2D eigenvalue weighted by atomic mass is 10.7. The van der Waals surface area contributed by atoms with E-state index in [0.29, 0.717) is 26.6 Å². The standard InChI is InChI=1S/C10H23NO4Si/c1-4-13-16(14-5-2,15-6-3)10-11-7-8-12-9-11/h4-10H2,1-3H3. The first-order valence-corrected chi connectivity index (χ1v) is 7.91. The summed E-state index contributed by atoms with van der Waals surface area (Å²) in [6.45, 7) is 10.2. The molecule has 1 aliphatic heterocycles. The first-order valence-electron chi connectivity index (χ1n) is 5.98. The van der Waals surface area contributed by atoms with Crippen molar-refractivity contribution in [1.29, 1.82) is 0 Å². The lowest BCUT2D eigenvalue weighted by Gasteiger charge is -2.31. The zero-order chi connectivity index (χ0) is 11.9. The third-order valence-corrected chi connectivity index (χ3v) is 5.36. The van der Waals surface area contributed by atoms with Crippen molar-refractivity contribution in [2.45, 2.75) is 20.8 Å². The maximum atomic E-state index is 5.77. The number of hydrogen-bond acceptors (Lipinski definition) is 5. The van der Waals surface area contributed by atoms with Crippen molar-refractivity contribution in [2.75, 3.05) is 45.9 Å². The fourth-order valence-corrected chi connectivity index (χ4v) is 4.41. The van der Waals surface area contributed by atoms with Crippen LogP contribution in [-0.2, 0) is 18.0 Å². The first kappa shape index (κ1) is 14.1. The highest BCUT2D eigenvalue weighted by molar-refractivity contribution is 6.60. The van der Waals surface area contributed by atoms with E-state index in [1.807, 2.05) is 20.8 Å². The smallest absolute Gasteiger partial charge is 0.373 e. The molecule has 0 aromatic heterocycles. The van der Waals surface area contributed by atoms with Gasteiger partial charge in [-0.3, -0.25) is 4.90 Å². The molecule has 0 N–H and O–H groups in total. The average molecular weight is 249 g/mol. The normalized spacial score (nSPS) is 18.2. The van der Waals surface area contributed by atoms with Crippen molar-refractivity contribution >= 4 is 8.80 Å². The summed E-state index contributed by atoms with van der Waals surface area (Å²) in [5.74, 6) is 0. The Morgan fingerprint density at radius 3 is 2.00 bits per heavy atom. The monoisotopic (exact) mass is 249 g/mol. The Bertz CT molecular complexity index is 171. The molecule has 0 aliphatic carbocycles. The Balaban J connectivity index is 2.56. The van der Waals surface area contributed by atoms with Gasteiger partial charge in [0.05, 0.1) is 19.5 Å². The van der Waals surface area contributed by atoms with Crippen molar-refractivity contribution in [3.8, 4) is 0 Å². The molecule has 0 aromatic rings. The maximum Gasteiger partial charge on any atom is 0.515 e. The van der Waals surface area contributed by atoms with E-state index < -0.39 is 8.80 Å². The molecule has 1 rings (SSSR count). The van der Waals surface area contributed by atoms with Gasteiger partial charge < -0.3 is 18.0 Å². The summed E-state index contributed by atoms with van der Waals surface area (Å²) in [4.78, 5) is 2.19. The summed E-state index contributed by atoms with van der Waals surface area (Å²) in [5.41, 5.74) is 0. The molecule has 0 bridgehead atoms. The molecular formula is C10H23NO4Si. The van der Waals surface area contributed by atoms with Crippen LogP contribution in [0.3, 0.4) is 0 Å². The third kappa shape index (κ3) is 4.12. The van der Waals surface area contributed by atoms with E-state index >= 15 is 0 Å². The molecular weight excluding hydrogens is 226 g/mol. The van der Waals surface area contributed by atoms with Gasteiger partial charge in [0, 0.05) is 26.4 Å². The van der Waals surface area contributed by atoms with Crippen LogP contribution < -0.4 is 0 Å². The van der Waals surface area contributed by atoms with E-state index in [2.05, 4.69) is 4.90 Å². The second-order valence-corrected chi connectivity index (χ2v) is 6.12. The SMILES string of the molecule is CCO[Si](CN1CCOC1)(OCC)OCC. The molecule has 0 atom stereocenters. The Morgan fingerprint density at radius 1 is 1.06 bits per heavy atom. The van der Waals surface area contributed by atoms with Gasteiger partial charge in [0.15, 0.2) is 0 Å². The lowest BCUT2D eigenvalue weighted by molar-refractivity contribution is 0.0522. The minimum atomic E-state index is -2.51. The van der Waals surface area contributed by atoms with Crippen LogP contribution in [0.1, 0.15) is 20.8 Å². The number of hydrogen-bond donors (Lipinski definition) is 0. The predicted molar refractivity (Wildman–Crippen MR) is 63.0 cm³/mol. The topological polar surface area (TPSA) is 40.2 Å². The molecule has 6 heteroatoms. The highest BCUT2D eigenvalue weighted by atomic mass is 28.4. The third-order valence-electron chi connectivity index (χ3n) is 2.34. The van der Waals surface area contributed by atoms with Crippen molar-refractivity contribution in [3.63, 3.8) is 0 Å². The molecule has 16 heavy (non-hydrogen) atoms. The van der Waals surface area contributed by atoms with E-state index in [1.54, 1.807) is 0 Å². The zero-order valence-electron chi connectivity index (χ0n) is 10.5. The van der Waals surface area contributed by atoms with Gasteiger partial charge in [-0.15, -0.1) is 0 Å². The van der Waals surface area contributed by atoms with Crippen LogP contribution in [0.15, 0.2) is 0 Å². The van der Waals surface area contributed by atoms with Crippen LogP contribution in [0, 0.1) is 0 Å². The molecule has 1 saturated heterocycles. The van der Waals surface area contributed by atoms with Gasteiger partial charge in [0.1, 0.15) is 0 Å². The van der Waals surface area contributed by atoms with Crippen molar-refractivity contribution in [3.05, 3.63) is 0 Å². The molecule has 0 unspecified atom stereocenters. The van der Waals surface area contributed by atoms with Gasteiger partial charge in [-0.2, -0.15) is 0 Å². The first-order chi connectivity index (χ1) is 7.76. The minimum absolute atomic E-state index is 0.626. The second-order valence-electron chi connectivity index (χ2n) is 3.57. The predicted octanol–water partition coefficient (Wildman–Crippen LogP) is 0.864. The Morgan fingerprint density at radius 2 is 1.62 bits per heavy atom. The van der Waals surface area contributed by atoms with Crippen molar-refractivity contribution < 1.29 is 18.0 Å². The summed E-state index contributed by atoms with van der Waals surface area (Å²) in [5, 5.41) is 0. The van der Waals surface area contributed by atoms with Gasteiger partial charge >= 0.3 is 8.80 Å². The fourth-order valence-electron chi connectivity index (χ4n) is 1.77. The number of nitrogens with zero attached hydrogens (tertiary/aromatic N) is 1. The molecule has 0 amide bonds. The average Bonchev–Trinajstić information content (AvgIpc) is 2.71. The van der Waals surface area contributed by atoms with Crippen LogP contribution in [0.2, 0.25) is 0 Å². The van der Waals surface area contributed by atoms with Gasteiger partial charge in [0.25, 0.3) is 0 Å². The van der Waals surface area contributed by atoms with E-state index in [0.717, 1.165) is 19.3 Å². The number of ether oxygens (including phenoxy) is 1. The summed E-state index contributed by atoms with van der Waals surface area (Å²) >= 11 is 0. The Kier molecular flexibility index (Phi) is 6.48. The number of rotatable bonds is 8. The zero-order valence-corrected chi connectivity index (χ0v) is 11.5. The van der Waals surface area contributed by atoms with E-state index in [-0.39, 0.29) is 0 Å². The summed E-state index contributed by atoms with van der Waals surface area (Å²) in [6.07, 6.45) is 0.725. The highest BCUT2D eigenvalue weighted by Crippen LogP contribution is 2.14. The Labute approximate surface area is 99.0 Å². The van der Waals surface area contributed by atoms with E-state index in [4.69, 9.17) is 18.0 Å². The lowest BCUT2D eigenvalue weighted by Crippen LogP contribution is -2.55. The van der Waals surface area contributed by atoms with Crippen LogP contribution in [0.5, 0.6) is 0 Å². The molecule has 1 aliphatic rings. The van der Waals surface area contributed by atoms with Crippen molar-refractivity contribution in [1.82, 2.24) is 4.90 Å². The van der Waals surface area contributed by atoms with E-state index in [9.17, 15) is 0 Å². The summed E-state index contributed by atoms with van der Waals surface area (Å²) < 4.78 is 22.6. The minimum Gasteiger partial charge on any atom is -0.373 e. The van der Waals surface area contributed by atoms with Crippen LogP contribution in [0.4, 0.5) is 0 Å². The summed E-state index contributed by atoms with van der Waals surface area (Å²) in [7, 11) is -2.51. The molecule has 1 fully saturated rings. The van der Waals surface area contributed by atoms with Crippen LogP contribution in [0.25, 0.3) is 0 Å². The Hall–Kier alpha value is 0.0169. The van der Waals surface area contributed by atoms with Gasteiger partial charge in [-0.05, 0) is 20.8 Å². The quantitative estimate of drug-likeness (QED) is 0.597. The molecule has 0 saturated carbocycles. The van der Waals surface area contributed by atoms with Gasteiger partial charge in [-0.1, -0.05) is 0 Å². The molecule has 1 heterocycles. The molecule has 96 valence electrons. The largest absolute Gasteiger partial charge is 0.515 e. The van der Waals surface area contributed by atoms with Crippen molar-refractivity contribution in [2.24, 2.45) is 0 Å². The maximum absolute atomic E-state index is 5.77. The second kappa shape index (κ2) is 7.36. The molecule has 0 radical (unpaired) electrons. The molecule has 5 nitrogen and oxygen atoms in total. The van der Waals surface area contributed by atoms with E-state index in [1.165, 1.54) is 0 Å². The highest BCUT2D eigenvalue weighted by Gasteiger charge is 2.43. The molecule has 0 aromatic carbocycles. The van der Waals surface area contributed by atoms with Gasteiger partial charge in [0.2, 0.25) is 0 Å². The van der Waals surface area contributed by atoms with Crippen LogP contribution >= 0.6 is 0 Å². The summed E-state index contributed by atoms with van der Waals surface area (Å²) in [6, 6.07) is 0.